The molecule has 1 amide bonds. The van der Waals surface area contributed by atoms with E-state index < -0.39 is 11.4 Å². The Morgan fingerprint density at radius 1 is 1.42 bits per heavy atom. The summed E-state index contributed by atoms with van der Waals surface area (Å²) in [6, 6.07) is 6.55. The van der Waals surface area contributed by atoms with Gasteiger partial charge in [-0.05, 0) is 37.1 Å². The molecule has 0 saturated carbocycles. The normalized spacial score (nSPS) is 25.6. The number of rotatable bonds is 3. The van der Waals surface area contributed by atoms with Gasteiger partial charge in [-0.2, -0.15) is 0 Å². The number of nitrogens with zero attached hydrogens (tertiary/aromatic N) is 3. The molecular formula is C19H22FN3O3. The van der Waals surface area contributed by atoms with Crippen LogP contribution in [0.3, 0.4) is 0 Å². The fraction of sp³-hybridized carbons (Fsp3) is 0.474. The van der Waals surface area contributed by atoms with Gasteiger partial charge in [0, 0.05) is 32.4 Å². The fourth-order valence-corrected chi connectivity index (χ4v) is 3.90. The minimum atomic E-state index is -0.474. The highest BCUT2D eigenvalue weighted by molar-refractivity contribution is 5.92. The second-order valence-electron chi connectivity index (χ2n) is 7.06. The molecule has 0 bridgehead atoms. The lowest BCUT2D eigenvalue weighted by Crippen LogP contribution is -2.50. The molecule has 0 radical (unpaired) electrons. The Labute approximate surface area is 151 Å². The van der Waals surface area contributed by atoms with Gasteiger partial charge in [0.1, 0.15) is 11.8 Å². The number of carbonyl (C=O) groups excluding carboxylic acids is 1. The molecule has 0 aromatic carbocycles. The van der Waals surface area contributed by atoms with Crippen molar-refractivity contribution in [1.82, 2.24) is 14.5 Å². The van der Waals surface area contributed by atoms with Crippen LogP contribution < -0.4 is 4.74 Å². The first-order chi connectivity index (χ1) is 12.6. The smallest absolute Gasteiger partial charge is 0.270 e. The Balaban J connectivity index is 1.43. The number of carbonyl (C=O) groups is 1. The van der Waals surface area contributed by atoms with Gasteiger partial charge in [-0.15, -0.1) is 0 Å². The van der Waals surface area contributed by atoms with Crippen molar-refractivity contribution in [3.05, 3.63) is 48.2 Å². The summed E-state index contributed by atoms with van der Waals surface area (Å²) in [5, 5.41) is 0. The SMILES string of the molecule is Cn1cccc1C(=O)N1CCC[C@]2(C[C@@H](Oc3ncccc3F)CO2)C1. The Morgan fingerprint density at radius 2 is 2.31 bits per heavy atom. The van der Waals surface area contributed by atoms with Gasteiger partial charge >= 0.3 is 0 Å². The molecule has 26 heavy (non-hydrogen) atoms. The average Bonchev–Trinajstić information content (AvgIpc) is 3.23. The lowest BCUT2D eigenvalue weighted by atomic mass is 9.89. The van der Waals surface area contributed by atoms with Crippen LogP contribution in [0.4, 0.5) is 4.39 Å². The number of likely N-dealkylation sites (tertiary alicyclic amines) is 1. The summed E-state index contributed by atoms with van der Waals surface area (Å²) in [5.74, 6) is -0.455. The molecule has 0 N–H and O–H groups in total. The molecule has 2 saturated heterocycles. The number of aromatic nitrogens is 2. The maximum atomic E-state index is 13.8. The van der Waals surface area contributed by atoms with Crippen LogP contribution in [0.5, 0.6) is 5.88 Å². The maximum Gasteiger partial charge on any atom is 0.270 e. The number of ether oxygens (including phenoxy) is 2. The van der Waals surface area contributed by atoms with Gasteiger partial charge in [0.15, 0.2) is 5.82 Å². The molecule has 7 heteroatoms. The number of hydrogen-bond donors (Lipinski definition) is 0. The van der Waals surface area contributed by atoms with E-state index in [1.807, 2.05) is 34.8 Å². The first-order valence-electron chi connectivity index (χ1n) is 8.88. The summed E-state index contributed by atoms with van der Waals surface area (Å²) in [7, 11) is 1.87. The summed E-state index contributed by atoms with van der Waals surface area (Å²) in [4.78, 5) is 18.6. The molecule has 6 nitrogen and oxygen atoms in total. The number of amides is 1. The number of halogens is 1. The Bertz CT molecular complexity index is 809. The van der Waals surface area contributed by atoms with E-state index in [1.165, 1.54) is 18.3 Å². The van der Waals surface area contributed by atoms with Crippen LogP contribution in [-0.4, -0.2) is 51.8 Å². The van der Waals surface area contributed by atoms with E-state index in [1.54, 1.807) is 0 Å². The van der Waals surface area contributed by atoms with Crippen molar-refractivity contribution >= 4 is 5.91 Å². The zero-order valence-electron chi connectivity index (χ0n) is 14.7. The molecule has 2 aromatic rings. The predicted molar refractivity (Wildman–Crippen MR) is 92.5 cm³/mol. The van der Waals surface area contributed by atoms with Crippen LogP contribution in [0.2, 0.25) is 0 Å². The largest absolute Gasteiger partial charge is 0.470 e. The minimum Gasteiger partial charge on any atom is -0.470 e. The van der Waals surface area contributed by atoms with Crippen molar-refractivity contribution in [2.45, 2.75) is 31.0 Å². The van der Waals surface area contributed by atoms with Crippen LogP contribution in [0.25, 0.3) is 0 Å². The second kappa shape index (κ2) is 6.72. The van der Waals surface area contributed by atoms with E-state index in [0.717, 1.165) is 19.4 Å². The van der Waals surface area contributed by atoms with E-state index in [-0.39, 0.29) is 17.9 Å². The Hall–Kier alpha value is -2.41. The van der Waals surface area contributed by atoms with Crippen molar-refractivity contribution in [2.24, 2.45) is 7.05 Å². The highest BCUT2D eigenvalue weighted by atomic mass is 19.1. The van der Waals surface area contributed by atoms with Gasteiger partial charge in [-0.25, -0.2) is 9.37 Å². The van der Waals surface area contributed by atoms with Crippen LogP contribution in [0, 0.1) is 5.82 Å². The maximum absolute atomic E-state index is 13.8. The predicted octanol–water partition coefficient (Wildman–Crippen LogP) is 2.40. The van der Waals surface area contributed by atoms with E-state index in [0.29, 0.717) is 25.3 Å². The summed E-state index contributed by atoms with van der Waals surface area (Å²) >= 11 is 0. The highest BCUT2D eigenvalue weighted by Crippen LogP contribution is 2.36. The first-order valence-corrected chi connectivity index (χ1v) is 8.88. The van der Waals surface area contributed by atoms with E-state index in [9.17, 15) is 9.18 Å². The molecule has 1 spiro atoms. The third kappa shape index (κ3) is 3.19. The van der Waals surface area contributed by atoms with Gasteiger partial charge in [-0.3, -0.25) is 4.79 Å². The van der Waals surface area contributed by atoms with Gasteiger partial charge in [0.25, 0.3) is 11.8 Å². The Morgan fingerprint density at radius 3 is 3.08 bits per heavy atom. The van der Waals surface area contributed by atoms with Gasteiger partial charge in [0.05, 0.1) is 18.8 Å². The molecule has 2 atom stereocenters. The van der Waals surface area contributed by atoms with Gasteiger partial charge < -0.3 is 18.9 Å². The zero-order chi connectivity index (χ0) is 18.1. The molecule has 2 fully saturated rings. The number of hydrogen-bond acceptors (Lipinski definition) is 4. The van der Waals surface area contributed by atoms with E-state index in [2.05, 4.69) is 4.98 Å². The Kier molecular flexibility index (Phi) is 4.40. The lowest BCUT2D eigenvalue weighted by molar-refractivity contribution is -0.0455. The highest BCUT2D eigenvalue weighted by Gasteiger charge is 2.45. The first kappa shape index (κ1) is 17.0. The molecular weight excluding hydrogens is 337 g/mol. The van der Waals surface area contributed by atoms with Crippen molar-refractivity contribution in [3.8, 4) is 5.88 Å². The third-order valence-electron chi connectivity index (χ3n) is 5.17. The van der Waals surface area contributed by atoms with Crippen molar-refractivity contribution < 1.29 is 18.7 Å². The van der Waals surface area contributed by atoms with E-state index >= 15 is 0 Å². The summed E-state index contributed by atoms with van der Waals surface area (Å²) < 4.78 is 27.3. The minimum absolute atomic E-state index is 0.00528. The molecule has 2 aliphatic rings. The number of piperidine rings is 1. The van der Waals surface area contributed by atoms with Gasteiger partial charge in [0.2, 0.25) is 0 Å². The van der Waals surface area contributed by atoms with Crippen LogP contribution in [0.1, 0.15) is 29.8 Å². The summed E-state index contributed by atoms with van der Waals surface area (Å²) in [6.45, 7) is 1.62. The van der Waals surface area contributed by atoms with Gasteiger partial charge in [-0.1, -0.05) is 0 Å². The molecule has 138 valence electrons. The topological polar surface area (TPSA) is 56.6 Å². The number of pyridine rings is 1. The molecule has 2 aromatic heterocycles. The van der Waals surface area contributed by atoms with Crippen LogP contribution >= 0.6 is 0 Å². The van der Waals surface area contributed by atoms with E-state index in [4.69, 9.17) is 9.47 Å². The van der Waals surface area contributed by atoms with Crippen molar-refractivity contribution in [2.75, 3.05) is 19.7 Å². The van der Waals surface area contributed by atoms with Crippen molar-refractivity contribution in [3.63, 3.8) is 0 Å². The third-order valence-corrected chi connectivity index (χ3v) is 5.17. The quantitative estimate of drug-likeness (QED) is 0.844. The van der Waals surface area contributed by atoms with Crippen LogP contribution in [-0.2, 0) is 11.8 Å². The lowest BCUT2D eigenvalue weighted by Gasteiger charge is -2.39. The van der Waals surface area contributed by atoms with Crippen LogP contribution in [0.15, 0.2) is 36.7 Å². The second-order valence-corrected chi connectivity index (χ2v) is 7.06. The fourth-order valence-electron chi connectivity index (χ4n) is 3.90. The van der Waals surface area contributed by atoms with Crippen molar-refractivity contribution in [1.29, 1.82) is 0 Å². The molecule has 2 aliphatic heterocycles. The molecule has 4 heterocycles. The number of aryl methyl sites for hydroxylation is 1. The molecule has 0 unspecified atom stereocenters. The summed E-state index contributed by atoms with van der Waals surface area (Å²) in [5.41, 5.74) is 0.248. The monoisotopic (exact) mass is 359 g/mol. The summed E-state index contributed by atoms with van der Waals surface area (Å²) in [6.07, 6.45) is 5.48. The zero-order valence-corrected chi connectivity index (χ0v) is 14.7. The molecule has 0 aliphatic carbocycles. The standard InChI is InChI=1S/C19H22FN3O3/c1-22-9-3-6-16(22)18(24)23-10-4-7-19(13-23)11-14(12-25-19)26-17-15(20)5-2-8-21-17/h2-3,5-6,8-9,14H,4,7,10-13H2,1H3/t14-,19+/m1/s1. The molecule has 4 rings (SSSR count). The average molecular weight is 359 g/mol.